The smallest absolute Gasteiger partial charge is 0.124 e. The van der Waals surface area contributed by atoms with Crippen LogP contribution in [0.4, 0.5) is 0 Å². The molecular weight excluding hydrogens is 673 g/mol. The number of para-hydroxylation sites is 1. The maximum absolute atomic E-state index is 10.7. The summed E-state index contributed by atoms with van der Waals surface area (Å²) in [4.78, 5) is 13.8. The number of pyridine rings is 1. The van der Waals surface area contributed by atoms with Crippen LogP contribution in [0.2, 0.25) is 0 Å². The summed E-state index contributed by atoms with van der Waals surface area (Å²) in [7, 11) is 0. The van der Waals surface area contributed by atoms with E-state index in [0.29, 0.717) is 17.1 Å². The first kappa shape index (κ1) is 29.4. The number of hydrogen-bond donors (Lipinski definition) is 1. The van der Waals surface area contributed by atoms with E-state index in [2.05, 4.69) is 87.9 Å². The standard InChI is InChI=1S/C35H34N3O.Pt/c1-34(2,3)27-18-25(19-28(22-27)35(4,5)6)26-20-30(38-31(21-26)29-13-7-8-14-32(29)39)23-11-9-12-24(17-23)33-36-15-10-16-37-33;/h7-16,18-22,39H,1-6H3;/q-1;. The van der Waals surface area contributed by atoms with Gasteiger partial charge in [0, 0.05) is 44.7 Å². The predicted octanol–water partition coefficient (Wildman–Crippen LogP) is 8.64. The molecular formula is C35H34N3OPt-. The van der Waals surface area contributed by atoms with Crippen molar-refractivity contribution in [2.45, 2.75) is 52.4 Å². The van der Waals surface area contributed by atoms with Crippen molar-refractivity contribution in [3.63, 3.8) is 0 Å². The third-order valence-corrected chi connectivity index (χ3v) is 6.88. The fourth-order valence-corrected chi connectivity index (χ4v) is 4.51. The summed E-state index contributed by atoms with van der Waals surface area (Å²) in [6.07, 6.45) is 3.46. The van der Waals surface area contributed by atoms with Crippen molar-refractivity contribution in [3.8, 4) is 50.8 Å². The summed E-state index contributed by atoms with van der Waals surface area (Å²) in [6.45, 7) is 13.5. The van der Waals surface area contributed by atoms with Crippen molar-refractivity contribution in [2.24, 2.45) is 0 Å². The topological polar surface area (TPSA) is 58.9 Å². The van der Waals surface area contributed by atoms with Crippen LogP contribution in [0.5, 0.6) is 5.75 Å². The summed E-state index contributed by atoms with van der Waals surface area (Å²) in [6, 6.07) is 29.6. The summed E-state index contributed by atoms with van der Waals surface area (Å²) in [5, 5.41) is 10.7. The molecule has 5 aromatic rings. The number of hydrogen-bond acceptors (Lipinski definition) is 4. The Labute approximate surface area is 251 Å². The maximum Gasteiger partial charge on any atom is 0.124 e. The maximum atomic E-state index is 10.7. The van der Waals surface area contributed by atoms with E-state index >= 15 is 0 Å². The Kier molecular flexibility index (Phi) is 8.42. The van der Waals surface area contributed by atoms with Gasteiger partial charge in [0.25, 0.3) is 0 Å². The molecule has 0 bridgehead atoms. The number of phenols is 1. The molecule has 0 aliphatic rings. The Morgan fingerprint density at radius 3 is 1.82 bits per heavy atom. The third kappa shape index (κ3) is 6.40. The molecule has 0 aliphatic heterocycles. The van der Waals surface area contributed by atoms with Crippen LogP contribution in [0.3, 0.4) is 0 Å². The molecule has 0 atom stereocenters. The molecule has 0 spiro atoms. The minimum atomic E-state index is -0.00973. The average molecular weight is 708 g/mol. The Balaban J connectivity index is 0.00000370. The Morgan fingerprint density at radius 2 is 1.20 bits per heavy atom. The molecule has 5 rings (SSSR count). The quantitative estimate of drug-likeness (QED) is 0.190. The van der Waals surface area contributed by atoms with Gasteiger partial charge >= 0.3 is 0 Å². The van der Waals surface area contributed by atoms with E-state index in [0.717, 1.165) is 27.9 Å². The molecule has 0 aliphatic carbocycles. The number of rotatable bonds is 4. The van der Waals surface area contributed by atoms with Crippen LogP contribution in [0.15, 0.2) is 91.3 Å². The van der Waals surface area contributed by atoms with Crippen LogP contribution >= 0.6 is 0 Å². The van der Waals surface area contributed by atoms with Gasteiger partial charge in [0.15, 0.2) is 0 Å². The van der Waals surface area contributed by atoms with E-state index < -0.39 is 0 Å². The summed E-state index contributed by atoms with van der Waals surface area (Å²) >= 11 is 0. The first-order chi connectivity index (χ1) is 18.5. The number of benzene rings is 3. The fourth-order valence-electron chi connectivity index (χ4n) is 4.51. The number of nitrogens with zero attached hydrogens (tertiary/aromatic N) is 3. The SMILES string of the molecule is CC(C)(C)c1cc(-c2cc(-c3[c-]c(-c4ncccn4)ccc3)nc(-c3ccccc3O)c2)cc(C(C)(C)C)c1.[Pt]. The van der Waals surface area contributed by atoms with Crippen molar-refractivity contribution < 1.29 is 26.2 Å². The zero-order valence-corrected chi connectivity index (χ0v) is 26.0. The van der Waals surface area contributed by atoms with Gasteiger partial charge in [-0.1, -0.05) is 89.1 Å². The van der Waals surface area contributed by atoms with Crippen LogP contribution < -0.4 is 0 Å². The molecule has 0 saturated carbocycles. The van der Waals surface area contributed by atoms with Gasteiger partial charge in [-0.25, -0.2) is 0 Å². The fraction of sp³-hybridized carbons (Fsp3) is 0.229. The van der Waals surface area contributed by atoms with E-state index in [4.69, 9.17) is 4.98 Å². The van der Waals surface area contributed by atoms with E-state index in [9.17, 15) is 5.11 Å². The van der Waals surface area contributed by atoms with Crippen molar-refractivity contribution in [2.75, 3.05) is 0 Å². The second kappa shape index (κ2) is 11.5. The molecule has 3 aromatic carbocycles. The van der Waals surface area contributed by atoms with E-state index in [1.807, 2.05) is 36.4 Å². The van der Waals surface area contributed by atoms with Crippen molar-refractivity contribution >= 4 is 0 Å². The number of aromatic hydroxyl groups is 1. The molecule has 0 fully saturated rings. The molecule has 206 valence electrons. The molecule has 0 amide bonds. The Bertz CT molecular complexity index is 1600. The predicted molar refractivity (Wildman–Crippen MR) is 159 cm³/mol. The van der Waals surface area contributed by atoms with Gasteiger partial charge in [-0.2, -0.15) is 0 Å². The van der Waals surface area contributed by atoms with Crippen LogP contribution in [0.1, 0.15) is 52.7 Å². The first-order valence-electron chi connectivity index (χ1n) is 13.3. The molecule has 40 heavy (non-hydrogen) atoms. The molecule has 5 heteroatoms. The third-order valence-electron chi connectivity index (χ3n) is 6.88. The van der Waals surface area contributed by atoms with Crippen LogP contribution in [-0.4, -0.2) is 20.1 Å². The molecule has 0 saturated heterocycles. The van der Waals surface area contributed by atoms with Gasteiger partial charge in [0.1, 0.15) is 5.75 Å². The van der Waals surface area contributed by atoms with Crippen molar-refractivity contribution in [3.05, 3.63) is 108 Å². The largest absolute Gasteiger partial charge is 0.507 e. The van der Waals surface area contributed by atoms with Gasteiger partial charge in [-0.15, -0.1) is 24.3 Å². The molecule has 2 aromatic heterocycles. The monoisotopic (exact) mass is 707 g/mol. The molecule has 4 nitrogen and oxygen atoms in total. The van der Waals surface area contributed by atoms with Crippen molar-refractivity contribution in [1.82, 2.24) is 15.0 Å². The summed E-state index contributed by atoms with van der Waals surface area (Å²) in [5.74, 6) is 0.812. The molecule has 2 heterocycles. The van der Waals surface area contributed by atoms with Crippen LogP contribution in [0, 0.1) is 6.07 Å². The normalized spacial score (nSPS) is 11.7. The number of aromatic nitrogens is 3. The van der Waals surface area contributed by atoms with E-state index in [1.54, 1.807) is 24.5 Å². The zero-order valence-electron chi connectivity index (χ0n) is 23.8. The van der Waals surface area contributed by atoms with Crippen LogP contribution in [-0.2, 0) is 31.9 Å². The van der Waals surface area contributed by atoms with E-state index in [-0.39, 0.29) is 37.6 Å². The van der Waals surface area contributed by atoms with Crippen molar-refractivity contribution in [1.29, 1.82) is 0 Å². The average Bonchev–Trinajstić information content (AvgIpc) is 2.92. The van der Waals surface area contributed by atoms with Gasteiger partial charge in [-0.05, 0) is 57.3 Å². The van der Waals surface area contributed by atoms with Gasteiger partial charge in [0.2, 0.25) is 0 Å². The second-order valence-electron chi connectivity index (χ2n) is 12.0. The Hall–Kier alpha value is -3.62. The minimum absolute atomic E-state index is 0. The molecule has 0 unspecified atom stereocenters. The van der Waals surface area contributed by atoms with Gasteiger partial charge in [-0.3, -0.25) is 15.0 Å². The Morgan fingerprint density at radius 1 is 0.625 bits per heavy atom. The molecule has 0 radical (unpaired) electrons. The van der Waals surface area contributed by atoms with Gasteiger partial charge < -0.3 is 5.11 Å². The van der Waals surface area contributed by atoms with Gasteiger partial charge in [0.05, 0.1) is 11.5 Å². The first-order valence-corrected chi connectivity index (χ1v) is 13.3. The summed E-state index contributed by atoms with van der Waals surface area (Å²) < 4.78 is 0. The zero-order chi connectivity index (χ0) is 27.8. The minimum Gasteiger partial charge on any atom is -0.507 e. The molecule has 1 N–H and O–H groups in total. The van der Waals surface area contributed by atoms with Crippen LogP contribution in [0.25, 0.3) is 45.0 Å². The van der Waals surface area contributed by atoms with E-state index in [1.165, 1.54) is 11.1 Å². The summed E-state index contributed by atoms with van der Waals surface area (Å²) in [5.41, 5.74) is 8.48. The number of phenolic OH excluding ortho intramolecular Hbond substituents is 1. The second-order valence-corrected chi connectivity index (χ2v) is 12.0.